The Morgan fingerprint density at radius 1 is 1.06 bits per heavy atom. The van der Waals surface area contributed by atoms with Crippen LogP contribution in [0.2, 0.25) is 5.02 Å². The number of nitrogens with one attached hydrogen (secondary N) is 1. The maximum atomic E-state index is 13.3. The third-order valence-electron chi connectivity index (χ3n) is 5.70. The molecule has 0 aliphatic rings. The fraction of sp³-hybridized carbons (Fsp3) is 0.440. The first kappa shape index (κ1) is 28.6. The summed E-state index contributed by atoms with van der Waals surface area (Å²) in [6.07, 6.45) is 2.12. The first-order valence-electron chi connectivity index (χ1n) is 11.5. The summed E-state index contributed by atoms with van der Waals surface area (Å²) in [4.78, 5) is 27.4. The van der Waals surface area contributed by atoms with E-state index in [1.807, 2.05) is 13.8 Å². The zero-order valence-electron chi connectivity index (χ0n) is 20.5. The van der Waals surface area contributed by atoms with Crippen molar-refractivity contribution in [3.05, 3.63) is 64.9 Å². The number of nitrogens with zero attached hydrogens (tertiary/aromatic N) is 2. The van der Waals surface area contributed by atoms with E-state index in [1.165, 1.54) is 21.3 Å². The van der Waals surface area contributed by atoms with Gasteiger partial charge < -0.3 is 10.2 Å². The van der Waals surface area contributed by atoms with Gasteiger partial charge in [-0.05, 0) is 68.7 Å². The molecule has 0 aliphatic heterocycles. The van der Waals surface area contributed by atoms with Gasteiger partial charge in [-0.3, -0.25) is 13.9 Å². The van der Waals surface area contributed by atoms with Crippen LogP contribution in [0.4, 0.5) is 10.1 Å². The minimum absolute atomic E-state index is 0.0295. The van der Waals surface area contributed by atoms with Gasteiger partial charge in [-0.1, -0.05) is 30.7 Å². The summed E-state index contributed by atoms with van der Waals surface area (Å²) in [5.74, 6) is -0.975. The van der Waals surface area contributed by atoms with Crippen molar-refractivity contribution in [3.8, 4) is 0 Å². The van der Waals surface area contributed by atoms with Crippen LogP contribution in [0.15, 0.2) is 48.5 Å². The van der Waals surface area contributed by atoms with Crippen LogP contribution in [0.25, 0.3) is 0 Å². The van der Waals surface area contributed by atoms with Gasteiger partial charge in [0.05, 0.1) is 11.9 Å². The number of rotatable bonds is 12. The maximum absolute atomic E-state index is 13.3. The van der Waals surface area contributed by atoms with E-state index in [0.717, 1.165) is 12.7 Å². The van der Waals surface area contributed by atoms with Gasteiger partial charge in [-0.25, -0.2) is 12.8 Å². The highest BCUT2D eigenvalue weighted by Gasteiger charge is 2.27. The third-order valence-corrected chi connectivity index (χ3v) is 7.15. The summed E-state index contributed by atoms with van der Waals surface area (Å²) in [6, 6.07) is 11.3. The normalized spacial score (nSPS) is 13.1. The van der Waals surface area contributed by atoms with Crippen LogP contribution in [-0.4, -0.2) is 50.0 Å². The smallest absolute Gasteiger partial charge is 0.242 e. The fourth-order valence-corrected chi connectivity index (χ4v) is 4.54. The Kier molecular flexibility index (Phi) is 10.5. The van der Waals surface area contributed by atoms with E-state index in [4.69, 9.17) is 11.6 Å². The van der Waals surface area contributed by atoms with Crippen molar-refractivity contribution in [1.82, 2.24) is 10.2 Å². The van der Waals surface area contributed by atoms with Gasteiger partial charge in [0.1, 0.15) is 11.9 Å². The van der Waals surface area contributed by atoms with E-state index in [9.17, 15) is 22.4 Å². The lowest BCUT2D eigenvalue weighted by atomic mass is 10.1. The molecule has 2 aromatic rings. The van der Waals surface area contributed by atoms with Crippen LogP contribution in [-0.2, 0) is 26.2 Å². The van der Waals surface area contributed by atoms with Crippen molar-refractivity contribution in [2.45, 2.75) is 58.7 Å². The van der Waals surface area contributed by atoms with Crippen molar-refractivity contribution >= 4 is 39.1 Å². The van der Waals surface area contributed by atoms with Crippen LogP contribution in [0.5, 0.6) is 0 Å². The van der Waals surface area contributed by atoms with Crippen molar-refractivity contribution in [2.75, 3.05) is 17.1 Å². The monoisotopic (exact) mass is 525 g/mol. The molecule has 0 aromatic heterocycles. The van der Waals surface area contributed by atoms with Gasteiger partial charge in [-0.15, -0.1) is 0 Å². The van der Waals surface area contributed by atoms with E-state index in [1.54, 1.807) is 43.3 Å². The molecular formula is C25H33ClFN3O4S. The molecule has 2 aromatic carbocycles. The number of carbonyl (C=O) groups excluding carboxylic acids is 2. The predicted molar refractivity (Wildman–Crippen MR) is 137 cm³/mol. The van der Waals surface area contributed by atoms with E-state index in [2.05, 4.69) is 5.32 Å². The van der Waals surface area contributed by atoms with Gasteiger partial charge in [-0.2, -0.15) is 0 Å². The molecule has 0 heterocycles. The number of halogens is 2. The van der Waals surface area contributed by atoms with E-state index >= 15 is 0 Å². The second-order valence-corrected chi connectivity index (χ2v) is 10.9. The molecule has 0 spiro atoms. The van der Waals surface area contributed by atoms with Gasteiger partial charge in [0.15, 0.2) is 0 Å². The van der Waals surface area contributed by atoms with Crippen molar-refractivity contribution in [2.24, 2.45) is 0 Å². The lowest BCUT2D eigenvalue weighted by Crippen LogP contribution is -2.49. The van der Waals surface area contributed by atoms with E-state index in [0.29, 0.717) is 16.3 Å². The molecule has 2 rings (SSSR count). The molecule has 7 nitrogen and oxygen atoms in total. The van der Waals surface area contributed by atoms with Crippen LogP contribution < -0.4 is 9.62 Å². The minimum atomic E-state index is -3.58. The zero-order chi connectivity index (χ0) is 26.2. The van der Waals surface area contributed by atoms with Crippen LogP contribution >= 0.6 is 11.6 Å². The topological polar surface area (TPSA) is 86.8 Å². The molecule has 1 N–H and O–H groups in total. The average Bonchev–Trinajstić information content (AvgIpc) is 2.80. The van der Waals surface area contributed by atoms with Crippen LogP contribution in [0.3, 0.4) is 0 Å². The highest BCUT2D eigenvalue weighted by atomic mass is 35.5. The molecule has 0 bridgehead atoms. The van der Waals surface area contributed by atoms with E-state index < -0.39 is 21.9 Å². The number of amides is 2. The largest absolute Gasteiger partial charge is 0.352 e. The fourth-order valence-electron chi connectivity index (χ4n) is 3.45. The number of hydrogen-bond acceptors (Lipinski definition) is 4. The molecule has 0 aliphatic carbocycles. The lowest BCUT2D eigenvalue weighted by Gasteiger charge is -2.30. The summed E-state index contributed by atoms with van der Waals surface area (Å²) in [5, 5.41) is 3.37. The van der Waals surface area contributed by atoms with Crippen molar-refractivity contribution in [1.29, 1.82) is 0 Å². The molecule has 0 unspecified atom stereocenters. The van der Waals surface area contributed by atoms with Crippen LogP contribution in [0.1, 0.15) is 45.6 Å². The molecule has 35 heavy (non-hydrogen) atoms. The summed E-state index contributed by atoms with van der Waals surface area (Å²) >= 11 is 5.91. The molecule has 10 heteroatoms. The Hall–Kier alpha value is -2.65. The Morgan fingerprint density at radius 2 is 1.66 bits per heavy atom. The third kappa shape index (κ3) is 8.81. The number of sulfonamides is 1. The van der Waals surface area contributed by atoms with E-state index in [-0.39, 0.29) is 43.8 Å². The van der Waals surface area contributed by atoms with Crippen LogP contribution in [0, 0.1) is 5.82 Å². The Labute approximate surface area is 212 Å². The molecule has 2 amide bonds. The first-order valence-corrected chi connectivity index (χ1v) is 13.7. The standard InChI is InChI=1S/C25H33ClFN3O4S/c1-5-18(2)28-25(32)19(3)29(17-20-8-12-22(27)13-9-20)24(31)7-6-16-30(35(4,33)34)23-14-10-21(26)11-15-23/h8-15,18-19H,5-7,16-17H2,1-4H3,(H,28,32)/t18-,19+/m0/s1. The predicted octanol–water partition coefficient (Wildman–Crippen LogP) is 4.36. The zero-order valence-corrected chi connectivity index (χ0v) is 22.1. The highest BCUT2D eigenvalue weighted by Crippen LogP contribution is 2.21. The number of anilines is 1. The molecule has 0 fully saturated rings. The number of benzene rings is 2. The Morgan fingerprint density at radius 3 is 2.20 bits per heavy atom. The Bertz CT molecular complexity index is 1090. The number of carbonyl (C=O) groups is 2. The molecule has 0 saturated heterocycles. The second-order valence-electron chi connectivity index (χ2n) is 8.56. The molecule has 0 radical (unpaired) electrons. The Balaban J connectivity index is 2.15. The summed E-state index contributed by atoms with van der Waals surface area (Å²) in [6.45, 7) is 5.69. The molecular weight excluding hydrogens is 493 g/mol. The van der Waals surface area contributed by atoms with Gasteiger partial charge in [0.25, 0.3) is 0 Å². The minimum Gasteiger partial charge on any atom is -0.352 e. The molecule has 192 valence electrons. The molecule has 2 atom stereocenters. The average molecular weight is 526 g/mol. The second kappa shape index (κ2) is 12.9. The van der Waals surface area contributed by atoms with Crippen molar-refractivity contribution < 1.29 is 22.4 Å². The van der Waals surface area contributed by atoms with Gasteiger partial charge >= 0.3 is 0 Å². The van der Waals surface area contributed by atoms with Gasteiger partial charge in [0, 0.05) is 30.6 Å². The summed E-state index contributed by atoms with van der Waals surface area (Å²) in [5.41, 5.74) is 1.13. The SMILES string of the molecule is CC[C@H](C)NC(=O)[C@@H](C)N(Cc1ccc(F)cc1)C(=O)CCCN(c1ccc(Cl)cc1)S(C)(=O)=O. The lowest BCUT2D eigenvalue weighted by molar-refractivity contribution is -0.140. The van der Waals surface area contributed by atoms with Gasteiger partial charge in [0.2, 0.25) is 21.8 Å². The highest BCUT2D eigenvalue weighted by molar-refractivity contribution is 7.92. The molecule has 0 saturated carbocycles. The summed E-state index contributed by atoms with van der Waals surface area (Å²) < 4.78 is 39.2. The number of hydrogen-bond donors (Lipinski definition) is 1. The van der Waals surface area contributed by atoms with Crippen molar-refractivity contribution in [3.63, 3.8) is 0 Å². The first-order chi connectivity index (χ1) is 16.4. The maximum Gasteiger partial charge on any atom is 0.242 e. The quantitative estimate of drug-likeness (QED) is 0.446. The summed E-state index contributed by atoms with van der Waals surface area (Å²) in [7, 11) is -3.58.